The molecule has 0 aliphatic heterocycles. The topological polar surface area (TPSA) is 50.9 Å². The minimum atomic E-state index is 0.141. The van der Waals surface area contributed by atoms with Crippen LogP contribution in [-0.2, 0) is 0 Å². The number of hydrogen-bond acceptors (Lipinski definition) is 3. The maximum atomic E-state index is 5.88. The molecule has 1 saturated carbocycles. The van der Waals surface area contributed by atoms with Crippen molar-refractivity contribution in [2.24, 2.45) is 0 Å². The number of hydrogen-bond donors (Lipinski definition) is 2. The van der Waals surface area contributed by atoms with Gasteiger partial charge in [-0.2, -0.15) is 0 Å². The first-order valence-corrected chi connectivity index (χ1v) is 6.16. The van der Waals surface area contributed by atoms with Gasteiger partial charge in [-0.05, 0) is 25.8 Å². The predicted molar refractivity (Wildman–Crippen MR) is 68.8 cm³/mol. The third-order valence-corrected chi connectivity index (χ3v) is 3.40. The number of halogens is 1. The van der Waals surface area contributed by atoms with Crippen LogP contribution in [0.15, 0.2) is 12.1 Å². The fourth-order valence-electron chi connectivity index (χ4n) is 2.35. The summed E-state index contributed by atoms with van der Waals surface area (Å²) in [5, 5.41) is 3.91. The Morgan fingerprint density at radius 2 is 2.00 bits per heavy atom. The van der Waals surface area contributed by atoms with Gasteiger partial charge >= 0.3 is 0 Å². The SMILES string of the molecule is CC1(Nc2cc(N)cc(Cl)n2)CCCCC1. The molecule has 0 radical (unpaired) electrons. The second-order valence-electron chi connectivity index (χ2n) is 4.85. The van der Waals surface area contributed by atoms with Crippen molar-refractivity contribution in [2.75, 3.05) is 11.1 Å². The Hall–Kier alpha value is -0.960. The summed E-state index contributed by atoms with van der Waals surface area (Å²) in [6.07, 6.45) is 6.25. The molecule has 1 aromatic heterocycles. The van der Waals surface area contributed by atoms with Crippen molar-refractivity contribution in [3.63, 3.8) is 0 Å². The first-order chi connectivity index (χ1) is 7.57. The molecule has 4 heteroatoms. The Kier molecular flexibility index (Phi) is 3.24. The maximum absolute atomic E-state index is 5.88. The van der Waals surface area contributed by atoms with Crippen LogP contribution in [0, 0.1) is 0 Å². The lowest BCUT2D eigenvalue weighted by Gasteiger charge is -2.35. The van der Waals surface area contributed by atoms with Crippen molar-refractivity contribution < 1.29 is 0 Å². The predicted octanol–water partition coefficient (Wildman–Crippen LogP) is 3.45. The number of nitrogens with two attached hydrogens (primary N) is 1. The van der Waals surface area contributed by atoms with E-state index in [1.54, 1.807) is 6.07 Å². The van der Waals surface area contributed by atoms with E-state index in [2.05, 4.69) is 17.2 Å². The van der Waals surface area contributed by atoms with Crippen molar-refractivity contribution in [1.82, 2.24) is 4.98 Å². The van der Waals surface area contributed by atoms with Gasteiger partial charge in [-0.3, -0.25) is 0 Å². The van der Waals surface area contributed by atoms with E-state index in [1.807, 2.05) is 6.07 Å². The summed E-state index contributed by atoms with van der Waals surface area (Å²) in [5.74, 6) is 0.786. The van der Waals surface area contributed by atoms with E-state index in [0.29, 0.717) is 10.8 Å². The monoisotopic (exact) mass is 239 g/mol. The second kappa shape index (κ2) is 4.50. The molecule has 88 valence electrons. The zero-order valence-corrected chi connectivity index (χ0v) is 10.3. The third kappa shape index (κ3) is 2.79. The van der Waals surface area contributed by atoms with Crippen LogP contribution in [0.25, 0.3) is 0 Å². The number of nitrogens with zero attached hydrogens (tertiary/aromatic N) is 1. The molecule has 2 rings (SSSR count). The van der Waals surface area contributed by atoms with Gasteiger partial charge in [0.2, 0.25) is 0 Å². The van der Waals surface area contributed by atoms with Gasteiger partial charge in [-0.25, -0.2) is 4.98 Å². The highest BCUT2D eigenvalue weighted by Crippen LogP contribution is 2.31. The fraction of sp³-hybridized carbons (Fsp3) is 0.583. The molecule has 0 atom stereocenters. The Morgan fingerprint density at radius 1 is 1.31 bits per heavy atom. The lowest BCUT2D eigenvalue weighted by molar-refractivity contribution is 0.348. The highest BCUT2D eigenvalue weighted by Gasteiger charge is 2.26. The summed E-state index contributed by atoms with van der Waals surface area (Å²) < 4.78 is 0. The van der Waals surface area contributed by atoms with Crippen LogP contribution in [0.5, 0.6) is 0 Å². The molecule has 1 fully saturated rings. The van der Waals surface area contributed by atoms with Crippen molar-refractivity contribution in [2.45, 2.75) is 44.6 Å². The molecular formula is C12H18ClN3. The van der Waals surface area contributed by atoms with Crippen LogP contribution < -0.4 is 11.1 Å². The van der Waals surface area contributed by atoms with Crippen molar-refractivity contribution in [1.29, 1.82) is 0 Å². The molecule has 0 spiro atoms. The van der Waals surface area contributed by atoms with Crippen LogP contribution in [0.1, 0.15) is 39.0 Å². The van der Waals surface area contributed by atoms with Gasteiger partial charge in [0.1, 0.15) is 11.0 Å². The van der Waals surface area contributed by atoms with Gasteiger partial charge < -0.3 is 11.1 Å². The quantitative estimate of drug-likeness (QED) is 0.778. The standard InChI is InChI=1S/C12H18ClN3/c1-12(5-3-2-4-6-12)16-11-8-9(14)7-10(13)15-11/h7-8H,2-6H2,1H3,(H3,14,15,16). The first kappa shape index (κ1) is 11.5. The number of aromatic nitrogens is 1. The summed E-state index contributed by atoms with van der Waals surface area (Å²) in [6.45, 7) is 2.24. The third-order valence-electron chi connectivity index (χ3n) is 3.20. The van der Waals surface area contributed by atoms with Gasteiger partial charge in [0.05, 0.1) is 0 Å². The second-order valence-corrected chi connectivity index (χ2v) is 5.24. The molecule has 0 amide bonds. The van der Waals surface area contributed by atoms with Gasteiger partial charge in [-0.1, -0.05) is 30.9 Å². The minimum absolute atomic E-state index is 0.141. The van der Waals surface area contributed by atoms with Crippen LogP contribution in [0.2, 0.25) is 5.15 Å². The van der Waals surface area contributed by atoms with Gasteiger partial charge in [0.15, 0.2) is 0 Å². The summed E-state index contributed by atoms with van der Waals surface area (Å²) in [5.41, 5.74) is 6.54. The molecule has 1 aliphatic carbocycles. The van der Waals surface area contributed by atoms with Crippen LogP contribution in [0.4, 0.5) is 11.5 Å². The van der Waals surface area contributed by atoms with E-state index < -0.39 is 0 Å². The lowest BCUT2D eigenvalue weighted by atomic mass is 9.83. The summed E-state index contributed by atoms with van der Waals surface area (Å²) >= 11 is 5.88. The normalized spacial score (nSPS) is 19.4. The summed E-state index contributed by atoms with van der Waals surface area (Å²) in [7, 11) is 0. The van der Waals surface area contributed by atoms with E-state index in [4.69, 9.17) is 17.3 Å². The maximum Gasteiger partial charge on any atom is 0.133 e. The number of rotatable bonds is 2. The highest BCUT2D eigenvalue weighted by molar-refractivity contribution is 6.29. The molecule has 0 aromatic carbocycles. The molecule has 3 nitrogen and oxygen atoms in total. The van der Waals surface area contributed by atoms with Crippen molar-refractivity contribution in [3.05, 3.63) is 17.3 Å². The summed E-state index contributed by atoms with van der Waals surface area (Å²) in [4.78, 5) is 4.25. The Balaban J connectivity index is 2.13. The van der Waals surface area contributed by atoms with E-state index in [1.165, 1.54) is 32.1 Å². The molecular weight excluding hydrogens is 222 g/mol. The molecule has 0 saturated heterocycles. The molecule has 1 aromatic rings. The number of nitrogens with one attached hydrogen (secondary N) is 1. The van der Waals surface area contributed by atoms with E-state index in [0.717, 1.165) is 5.82 Å². The average Bonchev–Trinajstić information content (AvgIpc) is 2.15. The average molecular weight is 240 g/mol. The summed E-state index contributed by atoms with van der Waals surface area (Å²) in [6, 6.07) is 3.50. The number of anilines is 2. The van der Waals surface area contributed by atoms with Crippen molar-refractivity contribution >= 4 is 23.1 Å². The van der Waals surface area contributed by atoms with Gasteiger partial charge in [0.25, 0.3) is 0 Å². The van der Waals surface area contributed by atoms with E-state index >= 15 is 0 Å². The van der Waals surface area contributed by atoms with Gasteiger partial charge in [0, 0.05) is 17.3 Å². The smallest absolute Gasteiger partial charge is 0.133 e. The number of pyridine rings is 1. The van der Waals surface area contributed by atoms with Crippen LogP contribution in [0.3, 0.4) is 0 Å². The molecule has 3 N–H and O–H groups in total. The first-order valence-electron chi connectivity index (χ1n) is 5.79. The molecule has 1 heterocycles. The number of nitrogen functional groups attached to an aromatic ring is 1. The van der Waals surface area contributed by atoms with Crippen LogP contribution >= 0.6 is 11.6 Å². The van der Waals surface area contributed by atoms with Gasteiger partial charge in [-0.15, -0.1) is 0 Å². The molecule has 0 bridgehead atoms. The van der Waals surface area contributed by atoms with Crippen molar-refractivity contribution in [3.8, 4) is 0 Å². The van der Waals surface area contributed by atoms with E-state index in [9.17, 15) is 0 Å². The zero-order chi connectivity index (χ0) is 11.6. The fourth-order valence-corrected chi connectivity index (χ4v) is 2.56. The Labute approximate surface area is 101 Å². The molecule has 0 unspecified atom stereocenters. The Bertz CT molecular complexity index is 352. The zero-order valence-electron chi connectivity index (χ0n) is 9.59. The lowest BCUT2D eigenvalue weighted by Crippen LogP contribution is -2.37. The minimum Gasteiger partial charge on any atom is -0.399 e. The van der Waals surface area contributed by atoms with E-state index in [-0.39, 0.29) is 5.54 Å². The highest BCUT2D eigenvalue weighted by atomic mass is 35.5. The molecule has 16 heavy (non-hydrogen) atoms. The largest absolute Gasteiger partial charge is 0.399 e. The van der Waals surface area contributed by atoms with Crippen LogP contribution in [-0.4, -0.2) is 10.5 Å². The Morgan fingerprint density at radius 3 is 2.62 bits per heavy atom. The molecule has 1 aliphatic rings.